The van der Waals surface area contributed by atoms with Crippen molar-refractivity contribution in [3.05, 3.63) is 12.7 Å². The van der Waals surface area contributed by atoms with E-state index < -0.39 is 0 Å². The van der Waals surface area contributed by atoms with Gasteiger partial charge in [-0.2, -0.15) is 0 Å². The molecule has 0 aromatic carbocycles. The predicted molar refractivity (Wildman–Crippen MR) is 167 cm³/mol. The van der Waals surface area contributed by atoms with E-state index in [-0.39, 0.29) is 58.0 Å². The van der Waals surface area contributed by atoms with Gasteiger partial charge < -0.3 is 35.7 Å². The van der Waals surface area contributed by atoms with Crippen LogP contribution in [-0.2, 0) is 23.8 Å². The fourth-order valence-corrected chi connectivity index (χ4v) is 12.0. The van der Waals surface area contributed by atoms with Crippen LogP contribution in [0.3, 0.4) is 0 Å². The maximum absolute atomic E-state index is 12.7. The molecule has 6 rings (SSSR count). The average Bonchev–Trinajstić information content (AvgIpc) is 3.10. The summed E-state index contributed by atoms with van der Waals surface area (Å²) < 4.78 is 19.3. The number of hydrogen-bond acceptors (Lipinski definition) is 6. The molecule has 0 spiro atoms. The van der Waals surface area contributed by atoms with Gasteiger partial charge in [0, 0.05) is 44.8 Å². The molecule has 2 aliphatic heterocycles. The van der Waals surface area contributed by atoms with E-state index in [0.717, 1.165) is 56.6 Å². The zero-order valence-electron chi connectivity index (χ0n) is 27.9. The molecule has 0 unspecified atom stereocenters. The second kappa shape index (κ2) is 13.6. The Morgan fingerprint density at radius 3 is 2.25 bits per heavy atom. The summed E-state index contributed by atoms with van der Waals surface area (Å²) in [6, 6.07) is 0.629. The SMILES string of the molecule is C=CC[N+]1([C@H]2C[C@H]3[C@@H]4CC[C@H]5C[C@H](OC(C)=O)[C@@H](N6CCOCC6)C[C@]5(C)[C@H]4CC[C@]3(C)[C@H]2OC(C)=O)CCCCCC1.[Br-]. The number of ether oxygens (including phenoxy) is 3. The van der Waals surface area contributed by atoms with E-state index in [4.69, 9.17) is 14.2 Å². The molecule has 0 aromatic heterocycles. The molecule has 0 amide bonds. The number of nitrogens with zero attached hydrogens (tertiary/aromatic N) is 2. The molecule has 8 heteroatoms. The lowest BCUT2D eigenvalue weighted by atomic mass is 9.44. The van der Waals surface area contributed by atoms with Crippen molar-refractivity contribution >= 4 is 11.9 Å². The number of quaternary nitrogens is 1. The van der Waals surface area contributed by atoms with Crippen LogP contribution in [-0.4, -0.2) is 91.6 Å². The largest absolute Gasteiger partial charge is 1.00 e. The molecule has 4 aliphatic carbocycles. The van der Waals surface area contributed by atoms with Crippen LogP contribution in [0.4, 0.5) is 0 Å². The number of carbonyl (C=O) groups is 2. The topological polar surface area (TPSA) is 65.1 Å². The van der Waals surface area contributed by atoms with Gasteiger partial charge >= 0.3 is 11.9 Å². The fraction of sp³-hybridized carbons (Fsp3) is 0.889. The van der Waals surface area contributed by atoms with Gasteiger partial charge in [0.15, 0.2) is 6.10 Å². The fourth-order valence-electron chi connectivity index (χ4n) is 12.0. The standard InChI is InChI=1S/C36H59N2O5.BrH/c1-6-17-38(18-9-7-8-10-19-38)32-23-30-28-12-11-27-22-33(42-25(2)39)31(37-15-20-41-21-16-37)24-36(27,5)29(28)13-14-35(30,4)34(32)43-26(3)40;/h6,27-34H,1,7-24H2,2-5H3;1H/q+1;/p-1/t27-,28+,29-,30-,31-,32-,33-,34-,35-,36-;/m0./s1. The number of halogens is 1. The van der Waals surface area contributed by atoms with E-state index in [0.29, 0.717) is 29.7 Å². The molecule has 6 aliphatic rings. The maximum atomic E-state index is 12.7. The number of rotatable bonds is 6. The normalized spacial score (nSPS) is 43.6. The minimum absolute atomic E-state index is 0. The molecule has 2 saturated heterocycles. The van der Waals surface area contributed by atoms with E-state index in [1.165, 1.54) is 64.5 Å². The average molecular weight is 680 g/mol. The van der Waals surface area contributed by atoms with Crippen LogP contribution in [0, 0.1) is 34.5 Å². The third kappa shape index (κ3) is 6.08. The summed E-state index contributed by atoms with van der Waals surface area (Å²) in [4.78, 5) is 27.5. The first-order valence-electron chi connectivity index (χ1n) is 17.7. The predicted octanol–water partition coefficient (Wildman–Crippen LogP) is 2.76. The zero-order valence-corrected chi connectivity index (χ0v) is 29.5. The van der Waals surface area contributed by atoms with Gasteiger partial charge in [-0.15, -0.1) is 0 Å². The van der Waals surface area contributed by atoms with Crippen molar-refractivity contribution < 1.29 is 45.3 Å². The van der Waals surface area contributed by atoms with Crippen molar-refractivity contribution in [1.82, 2.24) is 4.90 Å². The quantitative estimate of drug-likeness (QED) is 0.245. The summed E-state index contributed by atoms with van der Waals surface area (Å²) >= 11 is 0. The Morgan fingerprint density at radius 2 is 1.61 bits per heavy atom. The van der Waals surface area contributed by atoms with Gasteiger partial charge in [-0.05, 0) is 99.4 Å². The molecule has 44 heavy (non-hydrogen) atoms. The molecule has 0 aromatic rings. The first-order chi connectivity index (χ1) is 20.6. The van der Waals surface area contributed by atoms with Gasteiger partial charge in [0.25, 0.3) is 0 Å². The Bertz CT molecular complexity index is 1040. The Kier molecular flexibility index (Phi) is 10.7. The Morgan fingerprint density at radius 1 is 0.932 bits per heavy atom. The molecular weight excluding hydrogens is 620 g/mol. The second-order valence-corrected chi connectivity index (χ2v) is 15.9. The van der Waals surface area contributed by atoms with Gasteiger partial charge in [0.2, 0.25) is 0 Å². The molecule has 7 nitrogen and oxygen atoms in total. The van der Waals surface area contributed by atoms with Crippen molar-refractivity contribution in [3.8, 4) is 0 Å². The van der Waals surface area contributed by atoms with Crippen LogP contribution in [0.5, 0.6) is 0 Å². The highest BCUT2D eigenvalue weighted by molar-refractivity contribution is 5.66. The Balaban J connectivity index is 0.00000384. The molecule has 4 saturated carbocycles. The van der Waals surface area contributed by atoms with Crippen molar-refractivity contribution in [2.75, 3.05) is 45.9 Å². The highest BCUT2D eigenvalue weighted by atomic mass is 79.9. The van der Waals surface area contributed by atoms with Gasteiger partial charge in [-0.1, -0.05) is 20.4 Å². The Hall–Kier alpha value is -0.960. The van der Waals surface area contributed by atoms with Crippen LogP contribution in [0.2, 0.25) is 0 Å². The van der Waals surface area contributed by atoms with Crippen molar-refractivity contribution in [2.45, 2.75) is 123 Å². The summed E-state index contributed by atoms with van der Waals surface area (Å²) in [7, 11) is 0. The lowest BCUT2D eigenvalue weighted by Crippen LogP contribution is -3.00. The molecule has 0 N–H and O–H groups in total. The number of carbonyl (C=O) groups excluding carboxylic acids is 2. The number of fused-ring (bicyclic) bond motifs is 5. The molecule has 10 atom stereocenters. The van der Waals surface area contributed by atoms with E-state index in [9.17, 15) is 9.59 Å². The highest BCUT2D eigenvalue weighted by Crippen LogP contribution is 2.67. The summed E-state index contributed by atoms with van der Waals surface area (Å²) in [5.74, 6) is 2.24. The van der Waals surface area contributed by atoms with Crippen LogP contribution in [0.25, 0.3) is 0 Å². The van der Waals surface area contributed by atoms with Crippen LogP contribution >= 0.6 is 0 Å². The number of likely N-dealkylation sites (tertiary alicyclic amines) is 1. The Labute approximate surface area is 277 Å². The molecule has 0 bridgehead atoms. The van der Waals surface area contributed by atoms with Gasteiger partial charge in [-0.3, -0.25) is 14.5 Å². The maximum Gasteiger partial charge on any atom is 0.303 e. The first kappa shape index (κ1) is 34.4. The van der Waals surface area contributed by atoms with Crippen molar-refractivity contribution in [1.29, 1.82) is 0 Å². The number of esters is 2. The van der Waals surface area contributed by atoms with Crippen LogP contribution in [0.1, 0.15) is 98.3 Å². The third-order valence-electron chi connectivity index (χ3n) is 13.9. The van der Waals surface area contributed by atoms with E-state index in [2.05, 4.69) is 31.4 Å². The summed E-state index contributed by atoms with van der Waals surface area (Å²) in [6.45, 7) is 19.2. The minimum atomic E-state index is -0.146. The monoisotopic (exact) mass is 678 g/mol. The van der Waals surface area contributed by atoms with Crippen LogP contribution in [0.15, 0.2) is 12.7 Å². The zero-order chi connectivity index (χ0) is 30.4. The van der Waals surface area contributed by atoms with Gasteiger partial charge in [-0.25, -0.2) is 0 Å². The van der Waals surface area contributed by atoms with Crippen molar-refractivity contribution in [3.63, 3.8) is 0 Å². The lowest BCUT2D eigenvalue weighted by Gasteiger charge is -2.62. The minimum Gasteiger partial charge on any atom is -1.00 e. The first-order valence-corrected chi connectivity index (χ1v) is 17.7. The molecule has 6 fully saturated rings. The van der Waals surface area contributed by atoms with Crippen LogP contribution < -0.4 is 17.0 Å². The molecule has 0 radical (unpaired) electrons. The van der Waals surface area contributed by atoms with E-state index >= 15 is 0 Å². The van der Waals surface area contributed by atoms with E-state index in [1.54, 1.807) is 13.8 Å². The molecule has 250 valence electrons. The molecular formula is C36H59BrN2O5. The highest BCUT2D eigenvalue weighted by Gasteiger charge is 2.67. The van der Waals surface area contributed by atoms with E-state index in [1.807, 2.05) is 0 Å². The third-order valence-corrected chi connectivity index (χ3v) is 13.9. The number of hydrogen-bond donors (Lipinski definition) is 0. The summed E-state index contributed by atoms with van der Waals surface area (Å²) in [6.07, 6.45) is 15.3. The summed E-state index contributed by atoms with van der Waals surface area (Å²) in [5, 5.41) is 0. The van der Waals surface area contributed by atoms with Gasteiger partial charge in [0.05, 0.1) is 32.8 Å². The number of morpholine rings is 1. The van der Waals surface area contributed by atoms with Crippen molar-refractivity contribution in [2.24, 2.45) is 34.5 Å². The summed E-state index contributed by atoms with van der Waals surface area (Å²) in [5.41, 5.74) is 0.257. The lowest BCUT2D eigenvalue weighted by molar-refractivity contribution is -0.948. The second-order valence-electron chi connectivity index (χ2n) is 15.9. The molecule has 2 heterocycles. The van der Waals surface area contributed by atoms with Gasteiger partial charge in [0.1, 0.15) is 12.1 Å². The smallest absolute Gasteiger partial charge is 0.303 e.